The van der Waals surface area contributed by atoms with Gasteiger partial charge in [0.15, 0.2) is 0 Å². The van der Waals surface area contributed by atoms with Crippen LogP contribution < -0.4 is 0 Å². The smallest absolute Gasteiger partial charge is 0.0165 e. The molecular weight excluding hydrogens is 741 g/mol. The third-order valence-corrected chi connectivity index (χ3v) is 18.6. The maximum absolute atomic E-state index is 2.74. The van der Waals surface area contributed by atoms with Crippen LogP contribution in [0.5, 0.6) is 0 Å². The van der Waals surface area contributed by atoms with Crippen molar-refractivity contribution in [3.05, 3.63) is 0 Å². The minimum atomic E-state index is 0.798. The van der Waals surface area contributed by atoms with Gasteiger partial charge in [-0.05, 0) is 126 Å². The lowest BCUT2D eigenvalue weighted by Crippen LogP contribution is -2.34. The summed E-state index contributed by atoms with van der Waals surface area (Å²) in [4.78, 5) is 5.47. The Bertz CT molecular complexity index is 899. The van der Waals surface area contributed by atoms with Gasteiger partial charge < -0.3 is 9.80 Å². The van der Waals surface area contributed by atoms with E-state index in [1.807, 2.05) is 0 Å². The average Bonchev–Trinajstić information content (AvgIpc) is 4.05. The topological polar surface area (TPSA) is 6.48 Å². The van der Waals surface area contributed by atoms with Crippen LogP contribution in [0.15, 0.2) is 0 Å². The molecule has 342 valence electrons. The first-order valence-electron chi connectivity index (χ1n) is 27.1. The van der Waals surface area contributed by atoms with Gasteiger partial charge in [-0.3, -0.25) is 0 Å². The molecule has 4 aliphatic rings. The quantitative estimate of drug-likeness (QED) is 0.0445. The third-order valence-electron chi connectivity index (χ3n) is 16.2. The second-order valence-corrected chi connectivity index (χ2v) is 24.1. The van der Waals surface area contributed by atoms with Crippen LogP contribution in [0.25, 0.3) is 0 Å². The summed E-state index contributed by atoms with van der Waals surface area (Å²) in [5, 5.41) is 0. The fourth-order valence-corrected chi connectivity index (χ4v) is 13.5. The second kappa shape index (κ2) is 31.5. The van der Waals surface area contributed by atoms with Crippen LogP contribution in [0.1, 0.15) is 246 Å². The predicted octanol–water partition coefficient (Wildman–Crippen LogP) is 17.3. The number of hydrogen-bond donors (Lipinski definition) is 0. The van der Waals surface area contributed by atoms with Crippen LogP contribution >= 0.6 is 21.6 Å². The first-order valence-corrected chi connectivity index (χ1v) is 29.6. The highest BCUT2D eigenvalue weighted by atomic mass is 33.1. The molecule has 4 fully saturated rings. The minimum Gasteiger partial charge on any atom is -0.303 e. The highest BCUT2D eigenvalue weighted by molar-refractivity contribution is 8.76. The molecule has 10 atom stereocenters. The van der Waals surface area contributed by atoms with Gasteiger partial charge in [0.1, 0.15) is 0 Å². The summed E-state index contributed by atoms with van der Waals surface area (Å²) < 4.78 is 0. The summed E-state index contributed by atoms with van der Waals surface area (Å²) in [6, 6.07) is 1.60. The molecule has 0 spiro atoms. The molecule has 0 saturated heterocycles. The Morgan fingerprint density at radius 1 is 0.362 bits per heavy atom. The number of unbranched alkanes of at least 4 members (excludes halogenated alkanes) is 14. The van der Waals surface area contributed by atoms with E-state index in [9.17, 15) is 0 Å². The maximum atomic E-state index is 2.74. The summed E-state index contributed by atoms with van der Waals surface area (Å²) in [6.45, 7) is 11.9. The molecular formula is C54H104N2S2. The molecule has 4 rings (SSSR count). The van der Waals surface area contributed by atoms with E-state index in [1.54, 1.807) is 64.2 Å². The Morgan fingerprint density at radius 3 is 1.00 bits per heavy atom. The van der Waals surface area contributed by atoms with Gasteiger partial charge in [-0.1, -0.05) is 203 Å². The molecule has 0 aromatic heterocycles. The van der Waals surface area contributed by atoms with E-state index >= 15 is 0 Å². The molecule has 4 saturated carbocycles. The fourth-order valence-electron chi connectivity index (χ4n) is 11.4. The van der Waals surface area contributed by atoms with Crippen LogP contribution in [0.3, 0.4) is 0 Å². The van der Waals surface area contributed by atoms with Gasteiger partial charge in [-0.2, -0.15) is 0 Å². The molecule has 0 aliphatic heterocycles. The SMILES string of the molecule is CCCCCC1CC1CC1CC1CCCCCCCC(CCCC)N(C)CCSSCCN(C)C(CCCC)CCCCCCCC1CC1CC1CC1CCCCC. The van der Waals surface area contributed by atoms with Crippen LogP contribution in [-0.2, 0) is 0 Å². The van der Waals surface area contributed by atoms with Gasteiger partial charge in [0.05, 0.1) is 0 Å². The Morgan fingerprint density at radius 2 is 0.655 bits per heavy atom. The zero-order chi connectivity index (χ0) is 41.2. The van der Waals surface area contributed by atoms with Crippen LogP contribution in [0.2, 0.25) is 0 Å². The first kappa shape index (κ1) is 51.3. The molecule has 4 aliphatic carbocycles. The Hall–Kier alpha value is 0.620. The van der Waals surface area contributed by atoms with Crippen molar-refractivity contribution in [2.75, 3.05) is 38.7 Å². The summed E-state index contributed by atoms with van der Waals surface area (Å²) in [5.74, 6) is 11.6. The molecule has 4 heteroatoms. The molecule has 0 N–H and O–H groups in total. The zero-order valence-electron chi connectivity index (χ0n) is 40.4. The Balaban J connectivity index is 0.937. The zero-order valence-corrected chi connectivity index (χ0v) is 42.0. The van der Waals surface area contributed by atoms with Crippen molar-refractivity contribution < 1.29 is 0 Å². The van der Waals surface area contributed by atoms with E-state index in [1.165, 1.54) is 179 Å². The monoisotopic (exact) mass is 845 g/mol. The Labute approximate surface area is 373 Å². The van der Waals surface area contributed by atoms with Gasteiger partial charge in [0, 0.05) is 36.7 Å². The van der Waals surface area contributed by atoms with E-state index in [0.29, 0.717) is 0 Å². The second-order valence-electron chi connectivity index (χ2n) is 21.4. The normalized spacial score (nSPS) is 27.1. The number of hydrogen-bond acceptors (Lipinski definition) is 4. The van der Waals surface area contributed by atoms with Crippen molar-refractivity contribution in [3.63, 3.8) is 0 Å². The molecule has 10 unspecified atom stereocenters. The highest BCUT2D eigenvalue weighted by Crippen LogP contribution is 2.55. The van der Waals surface area contributed by atoms with Crippen molar-refractivity contribution >= 4 is 21.6 Å². The molecule has 0 aromatic rings. The van der Waals surface area contributed by atoms with E-state index in [4.69, 9.17) is 0 Å². The standard InChI is InChI=1S/C54H104N2S2/c1-7-11-21-27-45-39-49(45)43-51-41-47(51)29-23-17-15-19-25-33-53(31-13-9-3)55(5)35-37-57-58-38-36-56(6)54(32-14-10-4)34-26-20-16-18-24-30-48-42-52(48)44-50-40-46(50)28-22-12-8-2/h45-54H,7-44H2,1-6H3. The molecule has 0 amide bonds. The van der Waals surface area contributed by atoms with Crippen molar-refractivity contribution in [3.8, 4) is 0 Å². The van der Waals surface area contributed by atoms with Gasteiger partial charge >= 0.3 is 0 Å². The largest absolute Gasteiger partial charge is 0.303 e. The van der Waals surface area contributed by atoms with E-state index in [0.717, 1.165) is 59.4 Å². The highest BCUT2D eigenvalue weighted by Gasteiger charge is 2.45. The summed E-state index contributed by atoms with van der Waals surface area (Å²) in [5.41, 5.74) is 0. The number of rotatable bonds is 43. The first-order chi connectivity index (χ1) is 28.5. The number of nitrogens with zero attached hydrogens (tertiary/aromatic N) is 2. The van der Waals surface area contributed by atoms with Gasteiger partial charge in [-0.15, -0.1) is 0 Å². The molecule has 0 radical (unpaired) electrons. The van der Waals surface area contributed by atoms with E-state index in [-0.39, 0.29) is 0 Å². The van der Waals surface area contributed by atoms with Crippen LogP contribution in [0, 0.1) is 47.3 Å². The predicted molar refractivity (Wildman–Crippen MR) is 265 cm³/mol. The average molecular weight is 846 g/mol. The fraction of sp³-hybridized carbons (Fsp3) is 1.00. The van der Waals surface area contributed by atoms with Crippen molar-refractivity contribution in [1.82, 2.24) is 9.80 Å². The molecule has 58 heavy (non-hydrogen) atoms. The molecule has 0 bridgehead atoms. The molecule has 0 aromatic carbocycles. The minimum absolute atomic E-state index is 0.798. The molecule has 2 nitrogen and oxygen atoms in total. The van der Waals surface area contributed by atoms with Crippen molar-refractivity contribution in [1.29, 1.82) is 0 Å². The van der Waals surface area contributed by atoms with Gasteiger partial charge in [-0.25, -0.2) is 0 Å². The summed E-state index contributed by atoms with van der Waals surface area (Å²) in [6.07, 6.45) is 50.3. The third kappa shape index (κ3) is 22.8. The van der Waals surface area contributed by atoms with E-state index in [2.05, 4.69) is 73.2 Å². The molecule has 0 heterocycles. The lowest BCUT2D eigenvalue weighted by molar-refractivity contribution is 0.222. The summed E-state index contributed by atoms with van der Waals surface area (Å²) in [7, 11) is 9.15. The van der Waals surface area contributed by atoms with Crippen LogP contribution in [0.4, 0.5) is 0 Å². The summed E-state index contributed by atoms with van der Waals surface area (Å²) >= 11 is 0. The lowest BCUT2D eigenvalue weighted by Gasteiger charge is -2.29. The van der Waals surface area contributed by atoms with Gasteiger partial charge in [0.2, 0.25) is 0 Å². The van der Waals surface area contributed by atoms with E-state index < -0.39 is 0 Å². The van der Waals surface area contributed by atoms with Crippen molar-refractivity contribution in [2.45, 2.75) is 258 Å². The lowest BCUT2D eigenvalue weighted by atomic mass is 10.00. The Kier molecular flexibility index (Phi) is 27.8. The maximum Gasteiger partial charge on any atom is 0.0165 e. The van der Waals surface area contributed by atoms with Crippen LogP contribution in [-0.4, -0.2) is 60.6 Å². The van der Waals surface area contributed by atoms with Gasteiger partial charge in [0.25, 0.3) is 0 Å². The van der Waals surface area contributed by atoms with Crippen molar-refractivity contribution in [2.24, 2.45) is 47.3 Å².